The molecule has 2 rings (SSSR count). The van der Waals surface area contributed by atoms with Crippen molar-refractivity contribution in [1.82, 2.24) is 0 Å². The first-order chi connectivity index (χ1) is 11.6. The molecule has 0 fully saturated rings. The van der Waals surface area contributed by atoms with E-state index in [1.165, 1.54) is 28.8 Å². The van der Waals surface area contributed by atoms with Crippen LogP contribution in [0.2, 0.25) is 0 Å². The Labute approximate surface area is 144 Å². The number of hydrogen-bond donors (Lipinski definition) is 0. The summed E-state index contributed by atoms with van der Waals surface area (Å²) >= 11 is 1.29. The molecule has 0 aliphatic carbocycles. The molecule has 0 N–H and O–H groups in total. The molecule has 0 saturated carbocycles. The van der Waals surface area contributed by atoms with Gasteiger partial charge >= 0.3 is 5.97 Å². The van der Waals surface area contributed by atoms with Gasteiger partial charge in [-0.25, -0.2) is 4.39 Å². The van der Waals surface area contributed by atoms with Crippen LogP contribution < -0.4 is 4.90 Å². The lowest BCUT2D eigenvalue weighted by Crippen LogP contribution is -2.37. The summed E-state index contributed by atoms with van der Waals surface area (Å²) in [5.74, 6) is -0.858. The van der Waals surface area contributed by atoms with Gasteiger partial charge in [0.15, 0.2) is 0 Å². The number of carbonyl (C=O) groups excluding carboxylic acids is 2. The second-order valence-electron chi connectivity index (χ2n) is 4.86. The smallest absolute Gasteiger partial charge is 0.326 e. The van der Waals surface area contributed by atoms with Crippen LogP contribution in [0.25, 0.3) is 0 Å². The molecule has 0 heterocycles. The van der Waals surface area contributed by atoms with Gasteiger partial charge in [-0.2, -0.15) is 0 Å². The van der Waals surface area contributed by atoms with E-state index in [0.29, 0.717) is 5.69 Å². The molecule has 0 spiro atoms. The van der Waals surface area contributed by atoms with Crippen LogP contribution in [0.15, 0.2) is 59.5 Å². The first-order valence-corrected chi connectivity index (χ1v) is 8.48. The van der Waals surface area contributed by atoms with Gasteiger partial charge in [0.25, 0.3) is 0 Å². The molecule has 1 amide bonds. The summed E-state index contributed by atoms with van der Waals surface area (Å²) in [4.78, 5) is 26.5. The fraction of sp³-hybridized carbons (Fsp3) is 0.222. The molecule has 0 unspecified atom stereocenters. The monoisotopic (exact) mass is 347 g/mol. The predicted molar refractivity (Wildman–Crippen MR) is 92.6 cm³/mol. The van der Waals surface area contributed by atoms with Crippen LogP contribution >= 0.6 is 11.8 Å². The lowest BCUT2D eigenvalue weighted by Gasteiger charge is -2.21. The van der Waals surface area contributed by atoms with Gasteiger partial charge < -0.3 is 9.64 Å². The SMILES string of the molecule is CCOC(=O)CN(C(=O)CSc1ccc(F)cc1)c1ccccc1. The Morgan fingerprint density at radius 3 is 2.38 bits per heavy atom. The third-order valence-electron chi connectivity index (χ3n) is 3.14. The van der Waals surface area contributed by atoms with E-state index in [0.717, 1.165) is 4.90 Å². The number of nitrogens with zero attached hydrogens (tertiary/aromatic N) is 1. The lowest BCUT2D eigenvalue weighted by molar-refractivity contribution is -0.142. The standard InChI is InChI=1S/C18H18FNO3S/c1-2-23-18(22)12-20(15-6-4-3-5-7-15)17(21)13-24-16-10-8-14(19)9-11-16/h3-11H,2,12-13H2,1H3. The Kier molecular flexibility index (Phi) is 6.81. The number of benzene rings is 2. The van der Waals surface area contributed by atoms with E-state index < -0.39 is 5.97 Å². The molecule has 0 aliphatic rings. The predicted octanol–water partition coefficient (Wildman–Crippen LogP) is 3.51. The van der Waals surface area contributed by atoms with E-state index in [-0.39, 0.29) is 30.6 Å². The average Bonchev–Trinajstić information content (AvgIpc) is 2.60. The summed E-state index contributed by atoms with van der Waals surface area (Å²) in [6, 6.07) is 14.9. The van der Waals surface area contributed by atoms with Gasteiger partial charge in [0, 0.05) is 10.6 Å². The summed E-state index contributed by atoms with van der Waals surface area (Å²) in [5, 5.41) is 0. The van der Waals surface area contributed by atoms with E-state index in [1.54, 1.807) is 43.3 Å². The van der Waals surface area contributed by atoms with E-state index in [2.05, 4.69) is 0 Å². The largest absolute Gasteiger partial charge is 0.465 e. The maximum Gasteiger partial charge on any atom is 0.326 e. The number of amides is 1. The second-order valence-corrected chi connectivity index (χ2v) is 5.91. The van der Waals surface area contributed by atoms with Crippen molar-refractivity contribution in [1.29, 1.82) is 0 Å². The van der Waals surface area contributed by atoms with Crippen molar-refractivity contribution in [2.24, 2.45) is 0 Å². The van der Waals surface area contributed by atoms with E-state index >= 15 is 0 Å². The van der Waals surface area contributed by atoms with Crippen molar-refractivity contribution in [2.75, 3.05) is 23.8 Å². The molecule has 0 saturated heterocycles. The number of hydrogen-bond acceptors (Lipinski definition) is 4. The van der Waals surface area contributed by atoms with Crippen LogP contribution in [-0.2, 0) is 14.3 Å². The Morgan fingerprint density at radius 2 is 1.75 bits per heavy atom. The zero-order valence-electron chi connectivity index (χ0n) is 13.3. The van der Waals surface area contributed by atoms with Crippen LogP contribution in [0.3, 0.4) is 0 Å². The molecule has 0 aliphatic heterocycles. The molecule has 24 heavy (non-hydrogen) atoms. The van der Waals surface area contributed by atoms with E-state index in [9.17, 15) is 14.0 Å². The molecule has 2 aromatic carbocycles. The van der Waals surface area contributed by atoms with Gasteiger partial charge in [0.05, 0.1) is 12.4 Å². The zero-order chi connectivity index (χ0) is 17.4. The molecular formula is C18H18FNO3S. The fourth-order valence-corrected chi connectivity index (χ4v) is 2.80. The average molecular weight is 347 g/mol. The number of esters is 1. The number of rotatable bonds is 7. The van der Waals surface area contributed by atoms with E-state index in [1.807, 2.05) is 6.07 Å². The minimum absolute atomic E-state index is 0.138. The van der Waals surface area contributed by atoms with Crippen molar-refractivity contribution in [2.45, 2.75) is 11.8 Å². The first kappa shape index (κ1) is 18.0. The van der Waals surface area contributed by atoms with Crippen LogP contribution in [-0.4, -0.2) is 30.8 Å². The van der Waals surface area contributed by atoms with Crippen molar-refractivity contribution in [3.63, 3.8) is 0 Å². The number of carbonyl (C=O) groups is 2. The molecule has 6 heteroatoms. The van der Waals surface area contributed by atoms with Crippen LogP contribution in [0.5, 0.6) is 0 Å². The summed E-state index contributed by atoms with van der Waals surface area (Å²) in [6.07, 6.45) is 0. The second kappa shape index (κ2) is 9.08. The van der Waals surface area contributed by atoms with Crippen molar-refractivity contribution in [3.8, 4) is 0 Å². The molecule has 126 valence electrons. The third-order valence-corrected chi connectivity index (χ3v) is 4.13. The molecule has 0 aromatic heterocycles. The summed E-state index contributed by atoms with van der Waals surface area (Å²) in [5.41, 5.74) is 0.634. The topological polar surface area (TPSA) is 46.6 Å². The Bertz CT molecular complexity index is 676. The summed E-state index contributed by atoms with van der Waals surface area (Å²) < 4.78 is 17.9. The van der Waals surface area contributed by atoms with Crippen molar-refractivity contribution >= 4 is 29.3 Å². The highest BCUT2D eigenvalue weighted by atomic mass is 32.2. The van der Waals surface area contributed by atoms with Gasteiger partial charge in [-0.1, -0.05) is 18.2 Å². The minimum Gasteiger partial charge on any atom is -0.465 e. The van der Waals surface area contributed by atoms with Crippen molar-refractivity contribution < 1.29 is 18.7 Å². The summed E-state index contributed by atoms with van der Waals surface area (Å²) in [6.45, 7) is 1.84. The minimum atomic E-state index is -0.457. The zero-order valence-corrected chi connectivity index (χ0v) is 14.1. The number of para-hydroxylation sites is 1. The Balaban J connectivity index is 2.06. The maximum absolute atomic E-state index is 12.9. The van der Waals surface area contributed by atoms with Crippen molar-refractivity contribution in [3.05, 3.63) is 60.4 Å². The lowest BCUT2D eigenvalue weighted by atomic mass is 10.3. The highest BCUT2D eigenvalue weighted by Gasteiger charge is 2.19. The first-order valence-electron chi connectivity index (χ1n) is 7.49. The van der Waals surface area contributed by atoms with Gasteiger partial charge in [0.2, 0.25) is 5.91 Å². The molecule has 0 radical (unpaired) electrons. The maximum atomic E-state index is 12.9. The van der Waals surface area contributed by atoms with Crippen LogP contribution in [0.1, 0.15) is 6.92 Å². The highest BCUT2D eigenvalue weighted by molar-refractivity contribution is 8.00. The summed E-state index contributed by atoms with van der Waals surface area (Å²) in [7, 11) is 0. The third kappa shape index (κ3) is 5.38. The van der Waals surface area contributed by atoms with Gasteiger partial charge in [-0.15, -0.1) is 11.8 Å². The number of thioether (sulfide) groups is 1. The molecule has 0 atom stereocenters. The van der Waals surface area contributed by atoms with Gasteiger partial charge in [0.1, 0.15) is 12.4 Å². The van der Waals surface area contributed by atoms with Gasteiger partial charge in [-0.3, -0.25) is 9.59 Å². The van der Waals surface area contributed by atoms with Crippen LogP contribution in [0.4, 0.5) is 10.1 Å². The molecule has 0 bridgehead atoms. The number of ether oxygens (including phenoxy) is 1. The fourth-order valence-electron chi connectivity index (χ4n) is 2.02. The molecule has 4 nitrogen and oxygen atoms in total. The van der Waals surface area contributed by atoms with E-state index in [4.69, 9.17) is 4.74 Å². The normalized spacial score (nSPS) is 10.2. The number of halogens is 1. The molecular weight excluding hydrogens is 329 g/mol. The Hall–Kier alpha value is -2.34. The highest BCUT2D eigenvalue weighted by Crippen LogP contribution is 2.21. The molecule has 2 aromatic rings. The number of anilines is 1. The van der Waals surface area contributed by atoms with Crippen LogP contribution in [0, 0.1) is 5.82 Å². The Morgan fingerprint density at radius 1 is 1.08 bits per heavy atom. The quantitative estimate of drug-likeness (QED) is 0.568. The van der Waals surface area contributed by atoms with Gasteiger partial charge in [-0.05, 0) is 43.3 Å².